The molecule has 0 spiro atoms. The molecule has 2 rings (SSSR count). The van der Waals surface area contributed by atoms with Crippen molar-refractivity contribution in [2.45, 2.75) is 0 Å². The molecule has 0 fully saturated rings. The summed E-state index contributed by atoms with van der Waals surface area (Å²) >= 11 is 0. The molecule has 0 aliphatic rings. The summed E-state index contributed by atoms with van der Waals surface area (Å²) in [6, 6.07) is 15.0. The fourth-order valence-corrected chi connectivity index (χ4v) is 1.97. The van der Waals surface area contributed by atoms with Crippen molar-refractivity contribution < 1.29 is 14.3 Å². The second-order valence-electron chi connectivity index (χ2n) is 4.91. The van der Waals surface area contributed by atoms with Crippen LogP contribution in [0.4, 0.5) is 11.4 Å². The third-order valence-corrected chi connectivity index (χ3v) is 3.27. The van der Waals surface area contributed by atoms with Crippen molar-refractivity contribution >= 4 is 23.2 Å². The number of amides is 2. The summed E-state index contributed by atoms with van der Waals surface area (Å²) in [7, 11) is 1.49. The molecule has 2 aromatic rings. The number of nitrogens with zero attached hydrogens (tertiary/aromatic N) is 1. The van der Waals surface area contributed by atoms with Crippen molar-refractivity contribution in [2.24, 2.45) is 5.73 Å². The lowest BCUT2D eigenvalue weighted by Crippen LogP contribution is -2.15. The van der Waals surface area contributed by atoms with E-state index in [0.717, 1.165) is 0 Å². The standard InChI is InChI=1S/C18H16N4O3/c1-25-16-5-3-2-4-15(16)22-18(24)13(10-19)11-21-14-8-6-12(7-9-14)17(20)23/h2-9,11,21H,1H3,(H2,20,23)(H,22,24)/b13-11-. The van der Waals surface area contributed by atoms with Crippen molar-refractivity contribution in [2.75, 3.05) is 17.7 Å². The Morgan fingerprint density at radius 2 is 1.84 bits per heavy atom. The van der Waals surface area contributed by atoms with Crippen LogP contribution in [0.5, 0.6) is 5.75 Å². The Morgan fingerprint density at radius 3 is 2.44 bits per heavy atom. The molecular weight excluding hydrogens is 320 g/mol. The smallest absolute Gasteiger partial charge is 0.267 e. The number of benzene rings is 2. The van der Waals surface area contributed by atoms with Gasteiger partial charge in [-0.05, 0) is 36.4 Å². The summed E-state index contributed by atoms with van der Waals surface area (Å²) in [6.07, 6.45) is 1.28. The number of para-hydroxylation sites is 2. The highest BCUT2D eigenvalue weighted by atomic mass is 16.5. The molecule has 0 radical (unpaired) electrons. The van der Waals surface area contributed by atoms with Crippen LogP contribution in [0.2, 0.25) is 0 Å². The Hall–Kier alpha value is -3.79. The highest BCUT2D eigenvalue weighted by molar-refractivity contribution is 6.07. The number of methoxy groups -OCH3 is 1. The quantitative estimate of drug-likeness (QED) is 0.552. The molecule has 0 aliphatic carbocycles. The molecule has 126 valence electrons. The maximum atomic E-state index is 12.2. The highest BCUT2D eigenvalue weighted by Gasteiger charge is 2.11. The van der Waals surface area contributed by atoms with Crippen molar-refractivity contribution in [3.8, 4) is 11.8 Å². The summed E-state index contributed by atoms with van der Waals surface area (Å²) in [4.78, 5) is 23.2. The highest BCUT2D eigenvalue weighted by Crippen LogP contribution is 2.23. The maximum Gasteiger partial charge on any atom is 0.267 e. The number of anilines is 2. The topological polar surface area (TPSA) is 117 Å². The van der Waals surface area contributed by atoms with Gasteiger partial charge in [0.05, 0.1) is 12.8 Å². The van der Waals surface area contributed by atoms with Gasteiger partial charge in [-0.25, -0.2) is 0 Å². The predicted octanol–water partition coefficient (Wildman–Crippen LogP) is 2.25. The number of carbonyl (C=O) groups is 2. The number of hydrogen-bond donors (Lipinski definition) is 3. The van der Waals surface area contributed by atoms with Gasteiger partial charge < -0.3 is 21.1 Å². The lowest BCUT2D eigenvalue weighted by atomic mass is 10.2. The Bertz CT molecular complexity index is 851. The van der Waals surface area contributed by atoms with Crippen molar-refractivity contribution in [1.29, 1.82) is 5.26 Å². The number of nitrogens with one attached hydrogen (secondary N) is 2. The number of nitriles is 1. The summed E-state index contributed by atoms with van der Waals surface area (Å²) in [5.41, 5.74) is 6.47. The van der Waals surface area contributed by atoms with Gasteiger partial charge in [-0.1, -0.05) is 12.1 Å². The van der Waals surface area contributed by atoms with Crippen LogP contribution < -0.4 is 21.1 Å². The van der Waals surface area contributed by atoms with Crippen LogP contribution in [0, 0.1) is 11.3 Å². The number of ether oxygens (including phenoxy) is 1. The third-order valence-electron chi connectivity index (χ3n) is 3.27. The number of nitrogens with two attached hydrogens (primary N) is 1. The number of rotatable bonds is 6. The summed E-state index contributed by atoms with van der Waals surface area (Å²) in [5.74, 6) is -0.618. The van der Waals surface area contributed by atoms with E-state index in [1.54, 1.807) is 48.5 Å². The first-order valence-electron chi connectivity index (χ1n) is 7.26. The Morgan fingerprint density at radius 1 is 1.16 bits per heavy atom. The second-order valence-corrected chi connectivity index (χ2v) is 4.91. The minimum absolute atomic E-state index is 0.120. The average Bonchev–Trinajstić information content (AvgIpc) is 2.63. The molecule has 7 nitrogen and oxygen atoms in total. The van der Waals surface area contributed by atoms with Crippen LogP contribution in [0.1, 0.15) is 10.4 Å². The molecule has 2 amide bonds. The van der Waals surface area contributed by atoms with E-state index >= 15 is 0 Å². The lowest BCUT2D eigenvalue weighted by molar-refractivity contribution is -0.112. The fourth-order valence-electron chi connectivity index (χ4n) is 1.97. The van der Waals surface area contributed by atoms with Gasteiger partial charge in [0.15, 0.2) is 0 Å². The molecule has 2 aromatic carbocycles. The largest absolute Gasteiger partial charge is 0.495 e. The Kier molecular flexibility index (Phi) is 5.74. The van der Waals surface area contributed by atoms with Gasteiger partial charge in [-0.15, -0.1) is 0 Å². The zero-order valence-electron chi connectivity index (χ0n) is 13.4. The first-order valence-corrected chi connectivity index (χ1v) is 7.26. The van der Waals surface area contributed by atoms with E-state index in [-0.39, 0.29) is 5.57 Å². The zero-order chi connectivity index (χ0) is 18.2. The van der Waals surface area contributed by atoms with E-state index in [4.69, 9.17) is 10.5 Å². The predicted molar refractivity (Wildman–Crippen MR) is 93.9 cm³/mol. The molecule has 0 saturated carbocycles. The maximum absolute atomic E-state index is 12.2. The second kappa shape index (κ2) is 8.17. The van der Waals surface area contributed by atoms with E-state index in [2.05, 4.69) is 10.6 Å². The Labute approximate surface area is 144 Å². The van der Waals surface area contributed by atoms with Gasteiger partial charge in [-0.2, -0.15) is 5.26 Å². The first kappa shape index (κ1) is 17.6. The molecule has 0 aliphatic heterocycles. The summed E-state index contributed by atoms with van der Waals surface area (Å²) in [6.45, 7) is 0. The fraction of sp³-hybridized carbons (Fsp3) is 0.0556. The van der Waals surface area contributed by atoms with Crippen molar-refractivity contribution in [3.05, 3.63) is 65.9 Å². The van der Waals surface area contributed by atoms with E-state index in [9.17, 15) is 14.9 Å². The van der Waals surface area contributed by atoms with E-state index in [1.807, 2.05) is 6.07 Å². The van der Waals surface area contributed by atoms with E-state index in [1.165, 1.54) is 13.3 Å². The minimum Gasteiger partial charge on any atom is -0.495 e. The van der Waals surface area contributed by atoms with Gasteiger partial charge in [0.2, 0.25) is 5.91 Å². The van der Waals surface area contributed by atoms with Crippen LogP contribution in [0.15, 0.2) is 60.3 Å². The van der Waals surface area contributed by atoms with Gasteiger partial charge in [0.1, 0.15) is 17.4 Å². The molecule has 0 unspecified atom stereocenters. The van der Waals surface area contributed by atoms with E-state index < -0.39 is 11.8 Å². The van der Waals surface area contributed by atoms with Crippen LogP contribution in [0.25, 0.3) is 0 Å². The molecular formula is C18H16N4O3. The number of carbonyl (C=O) groups excluding carboxylic acids is 2. The molecule has 0 atom stereocenters. The monoisotopic (exact) mass is 336 g/mol. The molecule has 0 bridgehead atoms. The number of primary amides is 1. The SMILES string of the molecule is COc1ccccc1NC(=O)/C(C#N)=C\Nc1ccc(C(N)=O)cc1. The molecule has 4 N–H and O–H groups in total. The van der Waals surface area contributed by atoms with Crippen LogP contribution >= 0.6 is 0 Å². The number of hydrogen-bond acceptors (Lipinski definition) is 5. The van der Waals surface area contributed by atoms with Crippen LogP contribution in [-0.4, -0.2) is 18.9 Å². The van der Waals surface area contributed by atoms with Crippen molar-refractivity contribution in [3.63, 3.8) is 0 Å². The third kappa shape index (κ3) is 4.59. The summed E-state index contributed by atoms with van der Waals surface area (Å²) in [5, 5.41) is 14.6. The van der Waals surface area contributed by atoms with Gasteiger partial charge in [0.25, 0.3) is 5.91 Å². The minimum atomic E-state index is -0.576. The molecule has 0 aromatic heterocycles. The van der Waals surface area contributed by atoms with Gasteiger partial charge in [-0.3, -0.25) is 9.59 Å². The molecule has 25 heavy (non-hydrogen) atoms. The van der Waals surface area contributed by atoms with Gasteiger partial charge >= 0.3 is 0 Å². The van der Waals surface area contributed by atoms with Crippen LogP contribution in [-0.2, 0) is 4.79 Å². The van der Waals surface area contributed by atoms with Crippen molar-refractivity contribution in [1.82, 2.24) is 0 Å². The Balaban J connectivity index is 2.10. The molecule has 0 saturated heterocycles. The van der Waals surface area contributed by atoms with Crippen LogP contribution in [0.3, 0.4) is 0 Å². The molecule has 0 heterocycles. The summed E-state index contributed by atoms with van der Waals surface area (Å²) < 4.78 is 5.15. The average molecular weight is 336 g/mol. The van der Waals surface area contributed by atoms with Gasteiger partial charge in [0, 0.05) is 17.5 Å². The normalized spacial score (nSPS) is 10.5. The lowest BCUT2D eigenvalue weighted by Gasteiger charge is -2.09. The first-order chi connectivity index (χ1) is 12.0. The van der Waals surface area contributed by atoms with E-state index in [0.29, 0.717) is 22.7 Å². The zero-order valence-corrected chi connectivity index (χ0v) is 13.4. The molecule has 7 heteroatoms.